The summed E-state index contributed by atoms with van der Waals surface area (Å²) >= 11 is 0. The molecule has 2 atom stereocenters. The van der Waals surface area contributed by atoms with Crippen LogP contribution in [0, 0.1) is 0 Å². The number of rotatable bonds is 5. The Balaban J connectivity index is 1.71. The number of methoxy groups -OCH3 is 1. The van der Waals surface area contributed by atoms with Gasteiger partial charge in [-0.3, -0.25) is 4.79 Å². The third kappa shape index (κ3) is 3.47. The number of benzene rings is 3. The van der Waals surface area contributed by atoms with E-state index >= 15 is 0 Å². The second kappa shape index (κ2) is 7.46. The molecule has 1 aliphatic heterocycles. The molecule has 4 rings (SSSR count). The van der Waals surface area contributed by atoms with Crippen LogP contribution in [0.2, 0.25) is 0 Å². The quantitative estimate of drug-likeness (QED) is 0.633. The molecule has 0 saturated heterocycles. The largest absolute Gasteiger partial charge is 0.497 e. The van der Waals surface area contributed by atoms with Crippen molar-refractivity contribution < 1.29 is 14.3 Å². The molecule has 0 bridgehead atoms. The predicted octanol–water partition coefficient (Wildman–Crippen LogP) is 4.46. The Morgan fingerprint density at radius 1 is 0.889 bits per heavy atom. The van der Waals surface area contributed by atoms with Gasteiger partial charge in [0, 0.05) is 11.1 Å². The maximum Gasteiger partial charge on any atom is 0.217 e. The first-order valence-corrected chi connectivity index (χ1v) is 8.79. The monoisotopic (exact) mass is 357 g/mol. The zero-order chi connectivity index (χ0) is 18.6. The van der Waals surface area contributed by atoms with Crippen molar-refractivity contribution in [3.63, 3.8) is 0 Å². The summed E-state index contributed by atoms with van der Waals surface area (Å²) < 4.78 is 11.4. The van der Waals surface area contributed by atoms with Gasteiger partial charge in [-0.2, -0.15) is 0 Å². The van der Waals surface area contributed by atoms with Crippen molar-refractivity contribution in [2.75, 3.05) is 7.11 Å². The number of ketones is 1. The first kappa shape index (κ1) is 17.0. The molecule has 1 heterocycles. The summed E-state index contributed by atoms with van der Waals surface area (Å²) in [7, 11) is 1.62. The van der Waals surface area contributed by atoms with Crippen LogP contribution in [-0.4, -0.2) is 24.8 Å². The van der Waals surface area contributed by atoms with E-state index < -0.39 is 12.1 Å². The molecule has 0 amide bonds. The van der Waals surface area contributed by atoms with E-state index in [2.05, 4.69) is 4.99 Å². The van der Waals surface area contributed by atoms with Crippen LogP contribution in [0.3, 0.4) is 0 Å². The molecule has 27 heavy (non-hydrogen) atoms. The maximum absolute atomic E-state index is 13.1. The zero-order valence-corrected chi connectivity index (χ0v) is 14.9. The Kier molecular flexibility index (Phi) is 4.71. The van der Waals surface area contributed by atoms with E-state index in [1.807, 2.05) is 84.9 Å². The van der Waals surface area contributed by atoms with Gasteiger partial charge in [0.15, 0.2) is 17.9 Å². The topological polar surface area (TPSA) is 47.9 Å². The lowest BCUT2D eigenvalue weighted by Crippen LogP contribution is -2.24. The van der Waals surface area contributed by atoms with Crippen LogP contribution in [0.5, 0.6) is 5.75 Å². The third-order valence-corrected chi connectivity index (χ3v) is 4.57. The number of ether oxygens (including phenoxy) is 2. The molecule has 0 N–H and O–H groups in total. The van der Waals surface area contributed by atoms with Crippen molar-refractivity contribution in [2.24, 2.45) is 4.99 Å². The molecule has 0 radical (unpaired) electrons. The maximum atomic E-state index is 13.1. The highest BCUT2D eigenvalue weighted by Crippen LogP contribution is 2.33. The van der Waals surface area contributed by atoms with Crippen molar-refractivity contribution in [3.05, 3.63) is 102 Å². The molecule has 4 heteroatoms. The zero-order valence-electron chi connectivity index (χ0n) is 14.9. The van der Waals surface area contributed by atoms with Crippen LogP contribution >= 0.6 is 0 Å². The lowest BCUT2D eigenvalue weighted by atomic mass is 9.95. The van der Waals surface area contributed by atoms with Gasteiger partial charge in [-0.15, -0.1) is 0 Å². The molecule has 0 saturated carbocycles. The van der Waals surface area contributed by atoms with Gasteiger partial charge in [-0.1, -0.05) is 60.7 Å². The molecule has 3 aromatic rings. The lowest BCUT2D eigenvalue weighted by molar-refractivity contribution is 0.0890. The van der Waals surface area contributed by atoms with Gasteiger partial charge in [0.05, 0.1) is 7.11 Å². The fourth-order valence-corrected chi connectivity index (χ4v) is 3.15. The molecular formula is C23H19NO3. The number of nitrogens with zero attached hydrogens (tertiary/aromatic N) is 1. The number of aliphatic imine (C=N–C) groups is 1. The van der Waals surface area contributed by atoms with Crippen molar-refractivity contribution >= 4 is 11.7 Å². The highest BCUT2D eigenvalue weighted by atomic mass is 16.5. The average molecular weight is 357 g/mol. The minimum atomic E-state index is -0.629. The molecule has 0 spiro atoms. The molecule has 0 fully saturated rings. The smallest absolute Gasteiger partial charge is 0.217 e. The second-order valence-electron chi connectivity index (χ2n) is 6.29. The highest BCUT2D eigenvalue weighted by Gasteiger charge is 2.38. The standard InChI is InChI=1S/C23H19NO3/c1-26-19-14-12-17(13-15-19)22-20(21(25)16-8-4-2-5-9-16)24-23(27-22)18-10-6-3-7-11-18/h2-15,20,22H,1H3/t20-,22-/m1/s1. The summed E-state index contributed by atoms with van der Waals surface area (Å²) in [5.41, 5.74) is 2.38. The van der Waals surface area contributed by atoms with E-state index in [-0.39, 0.29) is 5.78 Å². The second-order valence-corrected chi connectivity index (χ2v) is 6.29. The van der Waals surface area contributed by atoms with E-state index in [1.54, 1.807) is 7.11 Å². The Morgan fingerprint density at radius 2 is 1.52 bits per heavy atom. The number of hydrogen-bond acceptors (Lipinski definition) is 4. The van der Waals surface area contributed by atoms with Gasteiger partial charge in [-0.05, 0) is 29.8 Å². The van der Waals surface area contributed by atoms with E-state index in [1.165, 1.54) is 0 Å². The summed E-state index contributed by atoms with van der Waals surface area (Å²) in [4.78, 5) is 17.8. The summed E-state index contributed by atoms with van der Waals surface area (Å²) in [6.07, 6.45) is -0.473. The van der Waals surface area contributed by atoms with Gasteiger partial charge in [0.25, 0.3) is 0 Å². The number of carbonyl (C=O) groups is 1. The lowest BCUT2D eigenvalue weighted by Gasteiger charge is -2.18. The van der Waals surface area contributed by atoms with E-state index in [9.17, 15) is 4.79 Å². The minimum Gasteiger partial charge on any atom is -0.497 e. The fourth-order valence-electron chi connectivity index (χ4n) is 3.15. The molecular weight excluding hydrogens is 338 g/mol. The van der Waals surface area contributed by atoms with Gasteiger partial charge >= 0.3 is 0 Å². The molecule has 1 aliphatic rings. The van der Waals surface area contributed by atoms with Crippen molar-refractivity contribution in [3.8, 4) is 5.75 Å². The van der Waals surface area contributed by atoms with Gasteiger partial charge in [-0.25, -0.2) is 4.99 Å². The minimum absolute atomic E-state index is 0.0534. The first-order valence-electron chi connectivity index (χ1n) is 8.79. The van der Waals surface area contributed by atoms with Crippen LogP contribution in [0.25, 0.3) is 0 Å². The molecule has 3 aromatic carbocycles. The Labute approximate surface area is 158 Å². The van der Waals surface area contributed by atoms with Crippen LogP contribution in [0.15, 0.2) is 89.9 Å². The predicted molar refractivity (Wildman–Crippen MR) is 104 cm³/mol. The molecule has 0 aromatic heterocycles. The van der Waals surface area contributed by atoms with Gasteiger partial charge in [0.1, 0.15) is 5.75 Å². The summed E-state index contributed by atoms with van der Waals surface area (Å²) in [5, 5.41) is 0. The Morgan fingerprint density at radius 3 is 2.15 bits per heavy atom. The molecule has 134 valence electrons. The average Bonchev–Trinajstić information content (AvgIpc) is 3.20. The van der Waals surface area contributed by atoms with E-state index in [4.69, 9.17) is 9.47 Å². The Hall–Kier alpha value is -3.40. The van der Waals surface area contributed by atoms with Crippen molar-refractivity contribution in [1.29, 1.82) is 0 Å². The number of hydrogen-bond donors (Lipinski definition) is 0. The molecule has 4 nitrogen and oxygen atoms in total. The normalized spacial score (nSPS) is 18.5. The Bertz CT molecular complexity index is 950. The summed E-state index contributed by atoms with van der Waals surface area (Å²) in [6, 6.07) is 25.8. The number of carbonyl (C=O) groups excluding carboxylic acids is 1. The molecule has 0 unspecified atom stereocenters. The van der Waals surface area contributed by atoms with Crippen LogP contribution in [-0.2, 0) is 4.74 Å². The third-order valence-electron chi connectivity index (χ3n) is 4.57. The first-order chi connectivity index (χ1) is 13.3. The van der Waals surface area contributed by atoms with E-state index in [0.29, 0.717) is 11.5 Å². The summed E-state index contributed by atoms with van der Waals surface area (Å²) in [5.74, 6) is 1.19. The number of Topliss-reactive ketones (excluding diaryl/α,β-unsaturated/α-hetero) is 1. The van der Waals surface area contributed by atoms with Crippen LogP contribution in [0.4, 0.5) is 0 Å². The van der Waals surface area contributed by atoms with Gasteiger partial charge < -0.3 is 9.47 Å². The SMILES string of the molecule is COc1ccc([C@H]2OC(c3ccccc3)=N[C@@H]2C(=O)c2ccccc2)cc1. The van der Waals surface area contributed by atoms with E-state index in [0.717, 1.165) is 16.9 Å². The van der Waals surface area contributed by atoms with Crippen LogP contribution in [0.1, 0.15) is 27.6 Å². The van der Waals surface area contributed by atoms with Crippen molar-refractivity contribution in [1.82, 2.24) is 0 Å². The fraction of sp³-hybridized carbons (Fsp3) is 0.130. The highest BCUT2D eigenvalue weighted by molar-refractivity contribution is 6.05. The van der Waals surface area contributed by atoms with Crippen LogP contribution < -0.4 is 4.74 Å². The molecule has 0 aliphatic carbocycles. The summed E-state index contributed by atoms with van der Waals surface area (Å²) in [6.45, 7) is 0. The van der Waals surface area contributed by atoms with Crippen molar-refractivity contribution in [2.45, 2.75) is 12.1 Å². The van der Waals surface area contributed by atoms with Gasteiger partial charge in [0.2, 0.25) is 5.90 Å².